The molecule has 3 heterocycles. The van der Waals surface area contributed by atoms with E-state index in [2.05, 4.69) is 15.3 Å². The van der Waals surface area contributed by atoms with Crippen molar-refractivity contribution in [3.63, 3.8) is 0 Å². The van der Waals surface area contributed by atoms with Gasteiger partial charge in [0.05, 0.1) is 5.69 Å². The van der Waals surface area contributed by atoms with E-state index in [0.717, 1.165) is 0 Å². The van der Waals surface area contributed by atoms with Crippen molar-refractivity contribution in [3.05, 3.63) is 86.4 Å². The molecule has 0 fully saturated rings. The van der Waals surface area contributed by atoms with Gasteiger partial charge in [-0.3, -0.25) is 29.3 Å². The molecule has 4 aromatic rings. The first-order chi connectivity index (χ1) is 15.3. The summed E-state index contributed by atoms with van der Waals surface area (Å²) >= 11 is 0. The Balaban J connectivity index is 2.21. The molecule has 0 unspecified atom stereocenters. The number of aromatic amines is 5. The molecule has 0 amide bonds. The molecule has 0 atom stereocenters. The van der Waals surface area contributed by atoms with E-state index in [-0.39, 0.29) is 28.2 Å². The summed E-state index contributed by atoms with van der Waals surface area (Å²) in [7, 11) is 0. The lowest BCUT2D eigenvalue weighted by molar-refractivity contribution is 0.740. The minimum absolute atomic E-state index is 0.127. The highest BCUT2D eigenvalue weighted by Crippen LogP contribution is 2.29. The van der Waals surface area contributed by atoms with Crippen LogP contribution in [0.3, 0.4) is 0 Å². The zero-order valence-electron chi connectivity index (χ0n) is 15.4. The molecule has 0 aliphatic heterocycles. The highest BCUT2D eigenvalue weighted by molar-refractivity contribution is 5.81. The van der Waals surface area contributed by atoms with Crippen molar-refractivity contribution >= 4 is 0 Å². The van der Waals surface area contributed by atoms with Crippen LogP contribution in [0, 0.1) is 11.3 Å². The van der Waals surface area contributed by atoms with Gasteiger partial charge in [0.2, 0.25) is 5.69 Å². The summed E-state index contributed by atoms with van der Waals surface area (Å²) in [6, 6.07) is 5.49. The van der Waals surface area contributed by atoms with Crippen LogP contribution >= 0.6 is 0 Å². The molecule has 4 rings (SSSR count). The van der Waals surface area contributed by atoms with Crippen molar-refractivity contribution < 1.29 is 0 Å². The standard InChI is InChI=1S/C16H8N10O6/c17-4-7-11(27)20-16(32)26(25-7)10-5(8-12(28)18-14(30)23-21-8)2-1-3-6(10)9-13(29)19-15(31)24-22-9/h1-3H,(H,20,27,32)(H2,18,23,28,30)(H2,19,24,29,31). The van der Waals surface area contributed by atoms with Crippen LogP contribution in [0.5, 0.6) is 0 Å². The lowest BCUT2D eigenvalue weighted by Crippen LogP contribution is -2.34. The number of hydrogen-bond acceptors (Lipinski definition) is 10. The Bertz CT molecular complexity index is 1690. The number of nitrogens with zero attached hydrogens (tertiary/aromatic N) is 5. The summed E-state index contributed by atoms with van der Waals surface area (Å²) in [5.41, 5.74) is -7.91. The number of aromatic nitrogens is 9. The molecule has 5 N–H and O–H groups in total. The Morgan fingerprint density at radius 2 is 1.31 bits per heavy atom. The average Bonchev–Trinajstić information content (AvgIpc) is 2.74. The summed E-state index contributed by atoms with van der Waals surface area (Å²) in [6.45, 7) is 0. The molecular formula is C16H8N10O6. The molecule has 0 saturated heterocycles. The first-order valence-electron chi connectivity index (χ1n) is 8.46. The molecule has 0 saturated carbocycles. The van der Waals surface area contributed by atoms with Crippen LogP contribution in [0.15, 0.2) is 47.0 Å². The third-order valence-electron chi connectivity index (χ3n) is 4.11. The largest absolute Gasteiger partial charge is 0.349 e. The number of nitriles is 1. The van der Waals surface area contributed by atoms with Gasteiger partial charge >= 0.3 is 17.1 Å². The van der Waals surface area contributed by atoms with Crippen LogP contribution in [0.1, 0.15) is 5.69 Å². The highest BCUT2D eigenvalue weighted by atomic mass is 16.2. The predicted molar refractivity (Wildman–Crippen MR) is 104 cm³/mol. The zero-order valence-corrected chi connectivity index (χ0v) is 15.4. The van der Waals surface area contributed by atoms with Gasteiger partial charge in [0.1, 0.15) is 6.07 Å². The maximum Gasteiger partial charge on any atom is 0.349 e. The summed E-state index contributed by atoms with van der Waals surface area (Å²) in [5, 5.41) is 24.2. The summed E-state index contributed by atoms with van der Waals surface area (Å²) in [5.74, 6) is 0. The molecule has 158 valence electrons. The van der Waals surface area contributed by atoms with Crippen LogP contribution in [-0.2, 0) is 0 Å². The van der Waals surface area contributed by atoms with Gasteiger partial charge in [0.25, 0.3) is 16.7 Å². The van der Waals surface area contributed by atoms with Crippen molar-refractivity contribution in [1.29, 1.82) is 5.26 Å². The Kier molecular flexibility index (Phi) is 4.60. The van der Waals surface area contributed by atoms with Gasteiger partial charge in [-0.05, 0) is 0 Å². The lowest BCUT2D eigenvalue weighted by Gasteiger charge is -2.13. The quantitative estimate of drug-likeness (QED) is 0.213. The monoisotopic (exact) mass is 436 g/mol. The van der Waals surface area contributed by atoms with Gasteiger partial charge < -0.3 is 0 Å². The molecule has 1 aromatic carbocycles. The van der Waals surface area contributed by atoms with Gasteiger partial charge in [0.15, 0.2) is 11.4 Å². The molecular weight excluding hydrogens is 428 g/mol. The molecule has 0 radical (unpaired) electrons. The average molecular weight is 436 g/mol. The molecule has 0 aliphatic carbocycles. The first kappa shape index (κ1) is 19.8. The van der Waals surface area contributed by atoms with Crippen molar-refractivity contribution in [2.45, 2.75) is 0 Å². The van der Waals surface area contributed by atoms with Gasteiger partial charge in [-0.2, -0.15) is 20.1 Å². The van der Waals surface area contributed by atoms with Gasteiger partial charge in [0, 0.05) is 11.1 Å². The van der Waals surface area contributed by atoms with Crippen molar-refractivity contribution in [2.24, 2.45) is 0 Å². The molecule has 3 aromatic heterocycles. The number of benzene rings is 1. The predicted octanol–water partition coefficient (Wildman–Crippen LogP) is -3.33. The van der Waals surface area contributed by atoms with E-state index >= 15 is 0 Å². The number of nitrogens with one attached hydrogen (secondary N) is 5. The fourth-order valence-electron chi connectivity index (χ4n) is 2.84. The number of rotatable bonds is 3. The number of H-pyrrole nitrogens is 5. The van der Waals surface area contributed by atoms with Crippen molar-refractivity contribution in [1.82, 2.24) is 45.1 Å². The normalized spacial score (nSPS) is 10.6. The molecule has 16 heteroatoms. The topological polar surface area (TPSA) is 249 Å². The van der Waals surface area contributed by atoms with Crippen molar-refractivity contribution in [3.8, 4) is 34.3 Å². The third-order valence-corrected chi connectivity index (χ3v) is 4.11. The minimum Gasteiger partial charge on any atom is -0.271 e. The van der Waals surface area contributed by atoms with E-state index in [0.29, 0.717) is 4.68 Å². The van der Waals surface area contributed by atoms with Crippen LogP contribution in [0.4, 0.5) is 0 Å². The molecule has 0 bridgehead atoms. The Labute approximate surface area is 171 Å². The Morgan fingerprint density at radius 3 is 1.78 bits per heavy atom. The Morgan fingerprint density at radius 1 is 0.781 bits per heavy atom. The SMILES string of the molecule is N#Cc1nn(-c2c(-c3n[nH]c(=O)[nH]c3=O)cccc2-c2n[nH]c(=O)[nH]c2=O)c(=O)[nH]c1=O. The zero-order chi connectivity index (χ0) is 23.0. The molecule has 0 aliphatic rings. The minimum atomic E-state index is -1.12. The van der Waals surface area contributed by atoms with Gasteiger partial charge in [-0.25, -0.2) is 24.6 Å². The van der Waals surface area contributed by atoms with E-state index in [1.54, 1.807) is 0 Å². The maximum absolute atomic E-state index is 12.6. The fourth-order valence-corrected chi connectivity index (χ4v) is 2.84. The second-order valence-electron chi connectivity index (χ2n) is 6.04. The lowest BCUT2D eigenvalue weighted by atomic mass is 10.0. The maximum atomic E-state index is 12.6. The summed E-state index contributed by atoms with van der Waals surface area (Å²) in [6.07, 6.45) is 0. The fraction of sp³-hybridized carbons (Fsp3) is 0. The molecule has 0 spiro atoms. The Hall–Kier alpha value is -5.46. The van der Waals surface area contributed by atoms with E-state index in [1.165, 1.54) is 24.3 Å². The van der Waals surface area contributed by atoms with E-state index in [1.807, 2.05) is 25.1 Å². The van der Waals surface area contributed by atoms with Crippen LogP contribution < -0.4 is 33.7 Å². The van der Waals surface area contributed by atoms with E-state index in [9.17, 15) is 28.8 Å². The first-order valence-corrected chi connectivity index (χ1v) is 8.46. The van der Waals surface area contributed by atoms with Gasteiger partial charge in [-0.15, -0.1) is 5.10 Å². The number of para-hydroxylation sites is 1. The van der Waals surface area contributed by atoms with Crippen LogP contribution in [0.2, 0.25) is 0 Å². The third kappa shape index (κ3) is 3.26. The summed E-state index contributed by atoms with van der Waals surface area (Å²) in [4.78, 5) is 77.6. The second-order valence-corrected chi connectivity index (χ2v) is 6.04. The van der Waals surface area contributed by atoms with E-state index < -0.39 is 39.4 Å². The second kappa shape index (κ2) is 7.42. The highest BCUT2D eigenvalue weighted by Gasteiger charge is 2.23. The van der Waals surface area contributed by atoms with E-state index in [4.69, 9.17) is 5.26 Å². The van der Waals surface area contributed by atoms with Gasteiger partial charge in [-0.1, -0.05) is 18.2 Å². The summed E-state index contributed by atoms with van der Waals surface area (Å²) < 4.78 is 0.559. The van der Waals surface area contributed by atoms with Crippen LogP contribution in [-0.4, -0.2) is 45.1 Å². The molecule has 16 nitrogen and oxygen atoms in total. The number of hydrogen-bond donors (Lipinski definition) is 5. The van der Waals surface area contributed by atoms with Crippen molar-refractivity contribution in [2.75, 3.05) is 0 Å². The molecule has 32 heavy (non-hydrogen) atoms. The van der Waals surface area contributed by atoms with Crippen LogP contribution in [0.25, 0.3) is 28.2 Å². The smallest absolute Gasteiger partial charge is 0.271 e.